The molecule has 1 aliphatic rings. The molecule has 4 heteroatoms. The molecular weight excluding hydrogens is 250 g/mol. The zero-order valence-electron chi connectivity index (χ0n) is 10.8. The van der Waals surface area contributed by atoms with E-state index in [2.05, 4.69) is 15.0 Å². The van der Waals surface area contributed by atoms with Gasteiger partial charge in [0.1, 0.15) is 5.69 Å². The minimum Gasteiger partial charge on any atom is -0.305 e. The van der Waals surface area contributed by atoms with Gasteiger partial charge in [-0.1, -0.05) is 24.3 Å². The van der Waals surface area contributed by atoms with Crippen LogP contribution in [0.5, 0.6) is 0 Å². The molecule has 0 saturated heterocycles. The Morgan fingerprint density at radius 1 is 1.05 bits per heavy atom. The molecule has 3 aromatic rings. The number of H-pyrrole nitrogens is 1. The first-order chi connectivity index (χ1) is 9.79. The van der Waals surface area contributed by atoms with Crippen LogP contribution < -0.4 is 5.56 Å². The van der Waals surface area contributed by atoms with Gasteiger partial charge in [0, 0.05) is 17.4 Å². The Kier molecular flexibility index (Phi) is 2.42. The maximum atomic E-state index is 11.8. The standard InChI is InChI=1S/C16H13N3O/c20-15-9-14(11-5-6-11)18-16(19-15)13-8-7-10-3-1-2-4-12(10)17-13/h1-4,7-9,11H,5-6H2,(H,18,19,20). The summed E-state index contributed by atoms with van der Waals surface area (Å²) < 4.78 is 0. The summed E-state index contributed by atoms with van der Waals surface area (Å²) in [5, 5.41) is 1.08. The maximum absolute atomic E-state index is 11.8. The molecule has 0 amide bonds. The molecule has 0 radical (unpaired) electrons. The summed E-state index contributed by atoms with van der Waals surface area (Å²) in [4.78, 5) is 23.7. The van der Waals surface area contributed by atoms with E-state index < -0.39 is 0 Å². The van der Waals surface area contributed by atoms with Crippen LogP contribution in [0.1, 0.15) is 24.5 Å². The molecule has 1 fully saturated rings. The summed E-state index contributed by atoms with van der Waals surface area (Å²) in [5.41, 5.74) is 2.40. The lowest BCUT2D eigenvalue weighted by atomic mass is 10.2. The van der Waals surface area contributed by atoms with E-state index in [4.69, 9.17) is 0 Å². The molecule has 1 aliphatic carbocycles. The largest absolute Gasteiger partial charge is 0.305 e. The van der Waals surface area contributed by atoms with Gasteiger partial charge in [-0.05, 0) is 25.0 Å². The first-order valence-electron chi connectivity index (χ1n) is 6.77. The first kappa shape index (κ1) is 11.3. The number of pyridine rings is 1. The summed E-state index contributed by atoms with van der Waals surface area (Å²) in [7, 11) is 0. The summed E-state index contributed by atoms with van der Waals surface area (Å²) in [6.07, 6.45) is 2.25. The normalized spacial score (nSPS) is 14.6. The Hall–Kier alpha value is -2.49. The van der Waals surface area contributed by atoms with Gasteiger partial charge in [0.2, 0.25) is 0 Å². The second-order valence-corrected chi connectivity index (χ2v) is 5.18. The summed E-state index contributed by atoms with van der Waals surface area (Å²) in [6.45, 7) is 0. The minimum absolute atomic E-state index is 0.105. The van der Waals surface area contributed by atoms with Crippen LogP contribution in [-0.2, 0) is 0 Å². The smallest absolute Gasteiger partial charge is 0.251 e. The van der Waals surface area contributed by atoms with Gasteiger partial charge in [0.15, 0.2) is 5.82 Å². The highest BCUT2D eigenvalue weighted by Crippen LogP contribution is 2.38. The number of hydrogen-bond donors (Lipinski definition) is 1. The van der Waals surface area contributed by atoms with Gasteiger partial charge in [-0.25, -0.2) is 9.97 Å². The first-order valence-corrected chi connectivity index (χ1v) is 6.77. The molecule has 2 heterocycles. The Bertz CT molecular complexity index is 849. The third-order valence-electron chi connectivity index (χ3n) is 3.60. The van der Waals surface area contributed by atoms with E-state index in [1.165, 1.54) is 0 Å². The average Bonchev–Trinajstić information content (AvgIpc) is 3.31. The van der Waals surface area contributed by atoms with Crippen LogP contribution in [0, 0.1) is 0 Å². The number of rotatable bonds is 2. The molecule has 0 atom stereocenters. The monoisotopic (exact) mass is 263 g/mol. The van der Waals surface area contributed by atoms with Crippen LogP contribution >= 0.6 is 0 Å². The second-order valence-electron chi connectivity index (χ2n) is 5.18. The molecule has 4 nitrogen and oxygen atoms in total. The lowest BCUT2D eigenvalue weighted by Crippen LogP contribution is -2.10. The van der Waals surface area contributed by atoms with E-state index in [-0.39, 0.29) is 5.56 Å². The Morgan fingerprint density at radius 2 is 1.90 bits per heavy atom. The van der Waals surface area contributed by atoms with Crippen molar-refractivity contribution in [3.63, 3.8) is 0 Å². The fourth-order valence-electron chi connectivity index (χ4n) is 2.38. The SMILES string of the molecule is O=c1cc(C2CC2)nc(-c2ccc3ccccc3n2)[nH]1. The van der Waals surface area contributed by atoms with Crippen molar-refractivity contribution in [3.8, 4) is 11.5 Å². The van der Waals surface area contributed by atoms with Crippen LogP contribution in [0.15, 0.2) is 47.3 Å². The molecule has 20 heavy (non-hydrogen) atoms. The molecule has 1 aromatic carbocycles. The van der Waals surface area contributed by atoms with Crippen LogP contribution in [0.4, 0.5) is 0 Å². The highest BCUT2D eigenvalue weighted by molar-refractivity contribution is 5.80. The fourth-order valence-corrected chi connectivity index (χ4v) is 2.38. The van der Waals surface area contributed by atoms with Crippen LogP contribution in [0.3, 0.4) is 0 Å². The number of hydrogen-bond acceptors (Lipinski definition) is 3. The van der Waals surface area contributed by atoms with E-state index in [0.717, 1.165) is 29.4 Å². The van der Waals surface area contributed by atoms with Gasteiger partial charge in [0.05, 0.1) is 11.2 Å². The van der Waals surface area contributed by atoms with Gasteiger partial charge in [-0.15, -0.1) is 0 Å². The van der Waals surface area contributed by atoms with Gasteiger partial charge >= 0.3 is 0 Å². The number of nitrogens with zero attached hydrogens (tertiary/aromatic N) is 2. The number of nitrogens with one attached hydrogen (secondary N) is 1. The Balaban J connectivity index is 1.87. The van der Waals surface area contributed by atoms with Crippen molar-refractivity contribution < 1.29 is 0 Å². The Morgan fingerprint density at radius 3 is 2.75 bits per heavy atom. The summed E-state index contributed by atoms with van der Waals surface area (Å²) in [5.74, 6) is 1.02. The van der Waals surface area contributed by atoms with Crippen molar-refractivity contribution in [3.05, 3.63) is 58.5 Å². The van der Waals surface area contributed by atoms with E-state index >= 15 is 0 Å². The number of benzene rings is 1. The van der Waals surface area contributed by atoms with E-state index in [1.807, 2.05) is 36.4 Å². The zero-order valence-corrected chi connectivity index (χ0v) is 10.8. The number of aromatic amines is 1. The molecule has 0 bridgehead atoms. The van der Waals surface area contributed by atoms with E-state index in [0.29, 0.717) is 17.4 Å². The van der Waals surface area contributed by atoms with Gasteiger partial charge in [0.25, 0.3) is 5.56 Å². The van der Waals surface area contributed by atoms with Crippen molar-refractivity contribution in [1.29, 1.82) is 0 Å². The van der Waals surface area contributed by atoms with Crippen LogP contribution in [0.25, 0.3) is 22.4 Å². The van der Waals surface area contributed by atoms with Crippen molar-refractivity contribution in [2.45, 2.75) is 18.8 Å². The van der Waals surface area contributed by atoms with E-state index in [9.17, 15) is 4.79 Å². The highest BCUT2D eigenvalue weighted by Gasteiger charge is 2.26. The van der Waals surface area contributed by atoms with Crippen molar-refractivity contribution in [2.24, 2.45) is 0 Å². The average molecular weight is 263 g/mol. The number of aromatic nitrogens is 3. The third-order valence-corrected chi connectivity index (χ3v) is 3.60. The highest BCUT2D eigenvalue weighted by atomic mass is 16.1. The van der Waals surface area contributed by atoms with Gasteiger partial charge < -0.3 is 4.98 Å². The molecule has 2 aromatic heterocycles. The Labute approximate surface area is 115 Å². The molecule has 0 aliphatic heterocycles. The number of para-hydroxylation sites is 1. The molecule has 1 saturated carbocycles. The van der Waals surface area contributed by atoms with E-state index in [1.54, 1.807) is 6.07 Å². The quantitative estimate of drug-likeness (QED) is 0.773. The third kappa shape index (κ3) is 1.99. The predicted molar refractivity (Wildman–Crippen MR) is 77.6 cm³/mol. The van der Waals surface area contributed by atoms with Crippen molar-refractivity contribution >= 4 is 10.9 Å². The molecule has 4 rings (SSSR count). The fraction of sp³-hybridized carbons (Fsp3) is 0.188. The maximum Gasteiger partial charge on any atom is 0.251 e. The number of fused-ring (bicyclic) bond motifs is 1. The van der Waals surface area contributed by atoms with Crippen LogP contribution in [0.2, 0.25) is 0 Å². The lowest BCUT2D eigenvalue weighted by molar-refractivity contribution is 0.972. The van der Waals surface area contributed by atoms with Crippen molar-refractivity contribution in [2.75, 3.05) is 0 Å². The zero-order chi connectivity index (χ0) is 13.5. The molecule has 0 unspecified atom stereocenters. The second kappa shape index (κ2) is 4.27. The lowest BCUT2D eigenvalue weighted by Gasteiger charge is -2.04. The minimum atomic E-state index is -0.105. The van der Waals surface area contributed by atoms with Gasteiger partial charge in [-0.3, -0.25) is 4.79 Å². The summed E-state index contributed by atoms with van der Waals surface area (Å²) in [6, 6.07) is 13.4. The van der Waals surface area contributed by atoms with Crippen LogP contribution in [-0.4, -0.2) is 15.0 Å². The molecule has 98 valence electrons. The topological polar surface area (TPSA) is 58.6 Å². The van der Waals surface area contributed by atoms with Gasteiger partial charge in [-0.2, -0.15) is 0 Å². The van der Waals surface area contributed by atoms with Crippen molar-refractivity contribution in [1.82, 2.24) is 15.0 Å². The summed E-state index contributed by atoms with van der Waals surface area (Å²) >= 11 is 0. The molecule has 1 N–H and O–H groups in total. The predicted octanol–water partition coefficient (Wildman–Crippen LogP) is 2.86. The molecule has 0 spiro atoms. The molecular formula is C16H13N3O.